The maximum Gasteiger partial charge on any atom is 0.316 e. The number of aliphatic hydroxyl groups is 1. The summed E-state index contributed by atoms with van der Waals surface area (Å²) >= 11 is 0. The molecule has 5 heteroatoms. The summed E-state index contributed by atoms with van der Waals surface area (Å²) in [6, 6.07) is 11.2. The first-order valence-corrected chi connectivity index (χ1v) is 9.18. The van der Waals surface area contributed by atoms with Gasteiger partial charge in [-0.1, -0.05) is 30.3 Å². The molecule has 2 aliphatic rings. The van der Waals surface area contributed by atoms with Gasteiger partial charge in [-0.2, -0.15) is 0 Å². The van der Waals surface area contributed by atoms with Gasteiger partial charge in [-0.05, 0) is 19.4 Å². The molecule has 2 fully saturated rings. The molecule has 1 N–H and O–H groups in total. The van der Waals surface area contributed by atoms with Gasteiger partial charge in [-0.3, -0.25) is 4.79 Å². The molecule has 5 atom stereocenters. The number of hydrogen-bond acceptors (Lipinski definition) is 3. The molecule has 2 heterocycles. The van der Waals surface area contributed by atoms with Crippen molar-refractivity contribution >= 4 is 23.0 Å². The van der Waals surface area contributed by atoms with E-state index in [1.807, 2.05) is 30.3 Å². The van der Waals surface area contributed by atoms with Gasteiger partial charge in [0, 0.05) is 25.7 Å². The Hall–Kier alpha value is -0.910. The van der Waals surface area contributed by atoms with Crippen molar-refractivity contribution < 1.29 is 19.1 Å². The fourth-order valence-electron chi connectivity index (χ4n) is 4.82. The van der Waals surface area contributed by atoms with E-state index in [4.69, 9.17) is 4.74 Å². The van der Waals surface area contributed by atoms with Crippen LogP contribution in [0.3, 0.4) is 0 Å². The molecular formula is C20H31BrNO3+. The summed E-state index contributed by atoms with van der Waals surface area (Å²) in [6.45, 7) is 4.39. The van der Waals surface area contributed by atoms with Gasteiger partial charge < -0.3 is 14.3 Å². The van der Waals surface area contributed by atoms with Crippen molar-refractivity contribution in [1.82, 2.24) is 0 Å². The molecule has 0 aromatic heterocycles. The Kier molecular flexibility index (Phi) is 6.68. The van der Waals surface area contributed by atoms with E-state index < -0.39 is 5.92 Å². The number of ether oxygens (including phenoxy) is 1. The first-order chi connectivity index (χ1) is 11.5. The third kappa shape index (κ3) is 3.79. The Balaban J connectivity index is 0.00000225. The van der Waals surface area contributed by atoms with Gasteiger partial charge in [-0.15, -0.1) is 17.0 Å². The van der Waals surface area contributed by atoms with Crippen molar-refractivity contribution in [3.05, 3.63) is 35.9 Å². The van der Waals surface area contributed by atoms with Crippen LogP contribution < -0.4 is 0 Å². The number of carbonyl (C=O) groups is 1. The van der Waals surface area contributed by atoms with Crippen molar-refractivity contribution in [3.63, 3.8) is 0 Å². The number of quaternary nitrogens is 1. The molecule has 2 bridgehead atoms. The summed E-state index contributed by atoms with van der Waals surface area (Å²) in [5.74, 6) is -0.856. The molecular weight excluding hydrogens is 382 g/mol. The van der Waals surface area contributed by atoms with E-state index >= 15 is 0 Å². The van der Waals surface area contributed by atoms with Gasteiger partial charge in [0.15, 0.2) is 0 Å². The van der Waals surface area contributed by atoms with Gasteiger partial charge in [0.25, 0.3) is 0 Å². The first-order valence-electron chi connectivity index (χ1n) is 9.18. The van der Waals surface area contributed by atoms with Crippen LogP contribution in [0.4, 0.5) is 0 Å². The highest BCUT2D eigenvalue weighted by Gasteiger charge is 2.53. The maximum absolute atomic E-state index is 12.6. The molecule has 3 rings (SSSR count). The number of aliphatic hydroxyl groups excluding tert-OH is 1. The van der Waals surface area contributed by atoms with Crippen LogP contribution in [-0.2, 0) is 9.53 Å². The second kappa shape index (κ2) is 8.19. The highest BCUT2D eigenvalue weighted by Crippen LogP contribution is 2.44. The fraction of sp³-hybridized carbons (Fsp3) is 0.650. The molecule has 0 saturated carbocycles. The number of nitrogens with zero attached hydrogens (tertiary/aromatic N) is 1. The minimum Gasteiger partial charge on any atom is -0.461 e. The zero-order chi connectivity index (χ0) is 17.3. The number of hydrogen-bond donors (Lipinski definition) is 1. The second-order valence-electron chi connectivity index (χ2n) is 7.88. The maximum atomic E-state index is 12.6. The fourth-order valence-corrected chi connectivity index (χ4v) is 4.82. The molecule has 2 aliphatic heterocycles. The average molecular weight is 413 g/mol. The van der Waals surface area contributed by atoms with Crippen LogP contribution in [0.1, 0.15) is 51.0 Å². The van der Waals surface area contributed by atoms with E-state index in [0.717, 1.165) is 22.9 Å². The lowest BCUT2D eigenvalue weighted by molar-refractivity contribution is -0.968. The van der Waals surface area contributed by atoms with Crippen LogP contribution in [0, 0.1) is 0 Å². The predicted octanol–water partition coefficient (Wildman–Crippen LogP) is 3.43. The van der Waals surface area contributed by atoms with Crippen LogP contribution in [0.2, 0.25) is 0 Å². The van der Waals surface area contributed by atoms with E-state index in [0.29, 0.717) is 18.1 Å². The highest BCUT2D eigenvalue weighted by atomic mass is 79.9. The monoisotopic (exact) mass is 412 g/mol. The topological polar surface area (TPSA) is 46.5 Å². The van der Waals surface area contributed by atoms with Gasteiger partial charge in [0.1, 0.15) is 12.0 Å². The first kappa shape index (κ1) is 20.4. The number of piperidine rings is 1. The number of rotatable bonds is 5. The van der Waals surface area contributed by atoms with Crippen LogP contribution in [0.25, 0.3) is 0 Å². The van der Waals surface area contributed by atoms with Gasteiger partial charge >= 0.3 is 5.97 Å². The van der Waals surface area contributed by atoms with Crippen molar-refractivity contribution in [1.29, 1.82) is 0 Å². The molecule has 0 amide bonds. The van der Waals surface area contributed by atoms with Gasteiger partial charge in [-0.25, -0.2) is 0 Å². The lowest BCUT2D eigenvalue weighted by Gasteiger charge is -2.49. The van der Waals surface area contributed by atoms with Crippen LogP contribution in [0.5, 0.6) is 0 Å². The molecule has 4 nitrogen and oxygen atoms in total. The zero-order valence-electron chi connectivity index (χ0n) is 15.4. The number of esters is 1. The minimum absolute atomic E-state index is 0. The van der Waals surface area contributed by atoms with Crippen molar-refractivity contribution in [2.45, 2.75) is 69.7 Å². The SMILES string of the molecule is Br.CC(C)[N+]1(C)[C@@H]2CC[C@H]1CC(OC(=O)C(CO)c1ccccc1)C2. The lowest BCUT2D eigenvalue weighted by Crippen LogP contribution is -2.62. The van der Waals surface area contributed by atoms with E-state index in [1.54, 1.807) is 0 Å². The molecule has 1 aromatic carbocycles. The third-order valence-corrected chi connectivity index (χ3v) is 6.54. The van der Waals surface area contributed by atoms with Gasteiger partial charge in [0.2, 0.25) is 0 Å². The largest absolute Gasteiger partial charge is 0.461 e. The standard InChI is InChI=1S/C20H30NO3.BrH/c1-14(2)21(3)16-9-10-17(21)12-18(11-16)24-20(23)19(13-22)15-7-5-4-6-8-15;/h4-8,14,16-19,22H,9-13H2,1-3H3;1H/q+1;/t16-,17+,18?,19?,21?;. The van der Waals surface area contributed by atoms with Crippen molar-refractivity contribution in [2.75, 3.05) is 13.7 Å². The van der Waals surface area contributed by atoms with Crippen LogP contribution in [-0.4, -0.2) is 53.4 Å². The Labute approximate surface area is 161 Å². The summed E-state index contributed by atoms with van der Waals surface area (Å²) < 4.78 is 6.96. The lowest BCUT2D eigenvalue weighted by atomic mass is 9.94. The van der Waals surface area contributed by atoms with E-state index in [9.17, 15) is 9.90 Å². The zero-order valence-corrected chi connectivity index (χ0v) is 17.1. The summed E-state index contributed by atoms with van der Waals surface area (Å²) in [5.41, 5.74) is 0.826. The van der Waals surface area contributed by atoms with E-state index in [2.05, 4.69) is 20.9 Å². The summed E-state index contributed by atoms with van der Waals surface area (Å²) in [5, 5.41) is 9.65. The summed E-state index contributed by atoms with van der Waals surface area (Å²) in [6.07, 6.45) is 4.36. The van der Waals surface area contributed by atoms with Crippen LogP contribution >= 0.6 is 17.0 Å². The smallest absolute Gasteiger partial charge is 0.316 e. The van der Waals surface area contributed by atoms with Crippen molar-refractivity contribution in [3.8, 4) is 0 Å². The number of fused-ring (bicyclic) bond motifs is 2. The Morgan fingerprint density at radius 2 is 1.76 bits per heavy atom. The third-order valence-electron chi connectivity index (χ3n) is 6.54. The summed E-state index contributed by atoms with van der Waals surface area (Å²) in [7, 11) is 2.37. The molecule has 2 saturated heterocycles. The number of benzene rings is 1. The normalized spacial score (nSPS) is 32.1. The van der Waals surface area contributed by atoms with Gasteiger partial charge in [0.05, 0.1) is 31.8 Å². The molecule has 0 spiro atoms. The molecule has 0 radical (unpaired) electrons. The van der Waals surface area contributed by atoms with E-state index in [-0.39, 0.29) is 35.7 Å². The Morgan fingerprint density at radius 3 is 2.24 bits per heavy atom. The minimum atomic E-state index is -0.572. The van der Waals surface area contributed by atoms with E-state index in [1.165, 1.54) is 12.8 Å². The Bertz CT molecular complexity index is 564. The van der Waals surface area contributed by atoms with Crippen LogP contribution in [0.15, 0.2) is 30.3 Å². The quantitative estimate of drug-likeness (QED) is 0.594. The highest BCUT2D eigenvalue weighted by molar-refractivity contribution is 8.93. The average Bonchev–Trinajstić information content (AvgIpc) is 2.74. The molecule has 140 valence electrons. The molecule has 1 aromatic rings. The second-order valence-corrected chi connectivity index (χ2v) is 7.88. The number of halogens is 1. The molecule has 3 unspecified atom stereocenters. The molecule has 25 heavy (non-hydrogen) atoms. The Morgan fingerprint density at radius 1 is 1.20 bits per heavy atom. The predicted molar refractivity (Wildman–Crippen MR) is 104 cm³/mol. The number of carbonyl (C=O) groups excluding carboxylic acids is 1. The molecule has 0 aliphatic carbocycles. The summed E-state index contributed by atoms with van der Waals surface area (Å²) in [4.78, 5) is 12.6. The van der Waals surface area contributed by atoms with Crippen molar-refractivity contribution in [2.24, 2.45) is 0 Å².